The van der Waals surface area contributed by atoms with E-state index in [-0.39, 0.29) is 0 Å². The van der Waals surface area contributed by atoms with Crippen molar-refractivity contribution >= 4 is 27.3 Å². The van der Waals surface area contributed by atoms with E-state index < -0.39 is 6.10 Å². The van der Waals surface area contributed by atoms with Crippen molar-refractivity contribution in [3.63, 3.8) is 0 Å². The highest BCUT2D eigenvalue weighted by molar-refractivity contribution is 9.11. The van der Waals surface area contributed by atoms with E-state index in [1.54, 1.807) is 6.92 Å². The van der Waals surface area contributed by atoms with Crippen LogP contribution < -0.4 is 0 Å². The van der Waals surface area contributed by atoms with Gasteiger partial charge in [-0.05, 0) is 22.9 Å². The molecule has 0 aromatic carbocycles. The van der Waals surface area contributed by atoms with Gasteiger partial charge in [-0.15, -0.1) is 10.2 Å². The Labute approximate surface area is 64.9 Å². The molecule has 1 aromatic rings. The lowest BCUT2D eigenvalue weighted by molar-refractivity contribution is 0.198. The second-order valence-electron chi connectivity index (χ2n) is 1.57. The predicted octanol–water partition coefficient (Wildman–Crippen LogP) is 1.35. The molecule has 0 amide bonds. The van der Waals surface area contributed by atoms with Crippen molar-refractivity contribution in [3.05, 3.63) is 8.92 Å². The minimum absolute atomic E-state index is 0.506. The van der Waals surface area contributed by atoms with E-state index in [0.717, 1.165) is 0 Å². The second-order valence-corrected chi connectivity index (χ2v) is 3.85. The molecule has 1 N–H and O–H groups in total. The van der Waals surface area contributed by atoms with E-state index in [1.807, 2.05) is 0 Å². The third-order valence-electron chi connectivity index (χ3n) is 0.773. The Kier molecular flexibility index (Phi) is 2.15. The third kappa shape index (κ3) is 1.70. The lowest BCUT2D eigenvalue weighted by Gasteiger charge is -1.92. The number of hydrogen-bond acceptors (Lipinski definition) is 4. The molecule has 0 aliphatic heterocycles. The van der Waals surface area contributed by atoms with E-state index in [9.17, 15) is 0 Å². The minimum Gasteiger partial charge on any atom is -0.386 e. The molecule has 0 aliphatic rings. The van der Waals surface area contributed by atoms with E-state index in [1.165, 1.54) is 11.3 Å². The van der Waals surface area contributed by atoms with Crippen molar-refractivity contribution in [2.24, 2.45) is 0 Å². The Bertz CT molecular complexity index is 200. The molecule has 0 saturated carbocycles. The molecule has 1 aromatic heterocycles. The SMILES string of the molecule is CC(O)c1nnc(Br)s1. The maximum Gasteiger partial charge on any atom is 0.183 e. The fourth-order valence-corrected chi connectivity index (χ4v) is 1.47. The summed E-state index contributed by atoms with van der Waals surface area (Å²) in [6, 6.07) is 0. The summed E-state index contributed by atoms with van der Waals surface area (Å²) in [5.74, 6) is 0. The van der Waals surface area contributed by atoms with Crippen LogP contribution in [-0.4, -0.2) is 15.3 Å². The summed E-state index contributed by atoms with van der Waals surface area (Å²) in [4.78, 5) is 0. The van der Waals surface area contributed by atoms with Crippen molar-refractivity contribution in [1.82, 2.24) is 10.2 Å². The molecule has 1 atom stereocenters. The van der Waals surface area contributed by atoms with Gasteiger partial charge in [0, 0.05) is 0 Å². The Morgan fingerprint density at radius 3 is 2.56 bits per heavy atom. The normalized spacial score (nSPS) is 13.7. The monoisotopic (exact) mass is 208 g/mol. The maximum absolute atomic E-state index is 8.92. The van der Waals surface area contributed by atoms with Gasteiger partial charge in [0.25, 0.3) is 0 Å². The molecule has 0 radical (unpaired) electrons. The third-order valence-corrected chi connectivity index (χ3v) is 2.30. The molecule has 1 unspecified atom stereocenters. The largest absolute Gasteiger partial charge is 0.386 e. The molecule has 1 rings (SSSR count). The summed E-state index contributed by atoms with van der Waals surface area (Å²) in [6.45, 7) is 1.66. The Morgan fingerprint density at radius 1 is 1.67 bits per heavy atom. The van der Waals surface area contributed by atoms with Gasteiger partial charge in [0.15, 0.2) is 3.92 Å². The molecule has 9 heavy (non-hydrogen) atoms. The van der Waals surface area contributed by atoms with Crippen LogP contribution in [0.3, 0.4) is 0 Å². The van der Waals surface area contributed by atoms with Crippen LogP contribution in [0.25, 0.3) is 0 Å². The summed E-state index contributed by atoms with van der Waals surface area (Å²) in [5.41, 5.74) is 0. The van der Waals surface area contributed by atoms with Crippen molar-refractivity contribution < 1.29 is 5.11 Å². The van der Waals surface area contributed by atoms with Gasteiger partial charge in [-0.3, -0.25) is 0 Å². The number of aliphatic hydroxyl groups excluding tert-OH is 1. The lowest BCUT2D eigenvalue weighted by Crippen LogP contribution is -1.88. The number of aliphatic hydroxyl groups is 1. The molecule has 0 fully saturated rings. The summed E-state index contributed by atoms with van der Waals surface area (Å²) in [6.07, 6.45) is -0.506. The first-order chi connectivity index (χ1) is 4.20. The van der Waals surface area contributed by atoms with Crippen LogP contribution in [0, 0.1) is 0 Å². The zero-order chi connectivity index (χ0) is 6.85. The van der Waals surface area contributed by atoms with Crippen molar-refractivity contribution in [1.29, 1.82) is 0 Å². The maximum atomic E-state index is 8.92. The summed E-state index contributed by atoms with van der Waals surface area (Å²) >= 11 is 4.47. The van der Waals surface area contributed by atoms with E-state index in [4.69, 9.17) is 5.11 Å². The number of hydrogen-bond donors (Lipinski definition) is 1. The Balaban J connectivity index is 2.85. The highest BCUT2D eigenvalue weighted by atomic mass is 79.9. The molecular formula is C4H5BrN2OS. The van der Waals surface area contributed by atoms with E-state index in [0.29, 0.717) is 8.92 Å². The van der Waals surface area contributed by atoms with Gasteiger partial charge in [-0.2, -0.15) is 0 Å². The van der Waals surface area contributed by atoms with Crippen LogP contribution in [0.15, 0.2) is 3.92 Å². The van der Waals surface area contributed by atoms with E-state index >= 15 is 0 Å². The van der Waals surface area contributed by atoms with Crippen LogP contribution >= 0.6 is 27.3 Å². The molecule has 0 saturated heterocycles. The molecule has 0 aliphatic carbocycles. The zero-order valence-electron chi connectivity index (χ0n) is 4.71. The second kappa shape index (κ2) is 2.72. The van der Waals surface area contributed by atoms with Crippen molar-refractivity contribution in [2.45, 2.75) is 13.0 Å². The first kappa shape index (κ1) is 7.11. The molecule has 5 heteroatoms. The van der Waals surface area contributed by atoms with Gasteiger partial charge in [0.1, 0.15) is 11.1 Å². The van der Waals surface area contributed by atoms with Gasteiger partial charge >= 0.3 is 0 Å². The highest BCUT2D eigenvalue weighted by Gasteiger charge is 2.05. The van der Waals surface area contributed by atoms with E-state index in [2.05, 4.69) is 26.1 Å². The fourth-order valence-electron chi connectivity index (χ4n) is 0.385. The first-order valence-corrected chi connectivity index (χ1v) is 3.98. The number of nitrogens with zero attached hydrogens (tertiary/aromatic N) is 2. The Morgan fingerprint density at radius 2 is 2.33 bits per heavy atom. The Hall–Kier alpha value is -0.0000000000000000833. The number of aromatic nitrogens is 2. The molecule has 3 nitrogen and oxygen atoms in total. The van der Waals surface area contributed by atoms with Gasteiger partial charge in [-0.1, -0.05) is 11.3 Å². The summed E-state index contributed by atoms with van der Waals surface area (Å²) in [7, 11) is 0. The van der Waals surface area contributed by atoms with Gasteiger partial charge in [0.05, 0.1) is 0 Å². The molecular weight excluding hydrogens is 204 g/mol. The van der Waals surface area contributed by atoms with Crippen LogP contribution in [0.2, 0.25) is 0 Å². The predicted molar refractivity (Wildman–Crippen MR) is 38.2 cm³/mol. The number of halogens is 1. The molecule has 0 bridgehead atoms. The van der Waals surface area contributed by atoms with Crippen LogP contribution in [-0.2, 0) is 0 Å². The van der Waals surface area contributed by atoms with Gasteiger partial charge in [-0.25, -0.2) is 0 Å². The van der Waals surface area contributed by atoms with Gasteiger partial charge in [0.2, 0.25) is 0 Å². The first-order valence-electron chi connectivity index (χ1n) is 2.37. The standard InChI is InChI=1S/C4H5BrN2OS/c1-2(8)3-6-7-4(5)9-3/h2,8H,1H3. The van der Waals surface area contributed by atoms with Crippen LogP contribution in [0.1, 0.15) is 18.0 Å². The van der Waals surface area contributed by atoms with Crippen LogP contribution in [0.4, 0.5) is 0 Å². The molecule has 1 heterocycles. The number of rotatable bonds is 1. The molecule has 50 valence electrons. The average molecular weight is 209 g/mol. The summed E-state index contributed by atoms with van der Waals surface area (Å²) in [5, 5.41) is 16.9. The summed E-state index contributed by atoms with van der Waals surface area (Å²) < 4.78 is 0.707. The van der Waals surface area contributed by atoms with Gasteiger partial charge < -0.3 is 5.11 Å². The van der Waals surface area contributed by atoms with Crippen molar-refractivity contribution in [2.75, 3.05) is 0 Å². The highest BCUT2D eigenvalue weighted by Crippen LogP contribution is 2.20. The van der Waals surface area contributed by atoms with Crippen LogP contribution in [0.5, 0.6) is 0 Å². The molecule has 0 spiro atoms. The van der Waals surface area contributed by atoms with Crippen molar-refractivity contribution in [3.8, 4) is 0 Å². The smallest absolute Gasteiger partial charge is 0.183 e. The lowest BCUT2D eigenvalue weighted by atomic mass is 10.4. The zero-order valence-corrected chi connectivity index (χ0v) is 7.11. The average Bonchev–Trinajstić information content (AvgIpc) is 2.14. The quantitative estimate of drug-likeness (QED) is 0.759. The minimum atomic E-state index is -0.506. The fraction of sp³-hybridized carbons (Fsp3) is 0.500. The topological polar surface area (TPSA) is 46.0 Å².